The Morgan fingerprint density at radius 2 is 1.65 bits per heavy atom. The van der Waals surface area contributed by atoms with Crippen LogP contribution < -0.4 is 9.47 Å². The molecule has 0 saturated heterocycles. The third-order valence-electron chi connectivity index (χ3n) is 6.82. The molecule has 1 aromatic heterocycles. The van der Waals surface area contributed by atoms with Gasteiger partial charge in [-0.05, 0) is 68.5 Å². The van der Waals surface area contributed by atoms with Gasteiger partial charge in [-0.1, -0.05) is 42.5 Å². The monoisotopic (exact) mass is 580 g/mol. The lowest BCUT2D eigenvalue weighted by atomic mass is 10.1. The van der Waals surface area contributed by atoms with E-state index >= 15 is 0 Å². The maximum atomic E-state index is 13.9. The van der Waals surface area contributed by atoms with E-state index in [4.69, 9.17) is 9.47 Å². The normalized spacial score (nSPS) is 11.8. The summed E-state index contributed by atoms with van der Waals surface area (Å²) >= 11 is 1.63. The van der Waals surface area contributed by atoms with Crippen molar-refractivity contribution in [1.29, 1.82) is 0 Å². The molecule has 0 fully saturated rings. The largest absolute Gasteiger partial charge is 0.493 e. The number of carbonyl (C=O) groups excluding carboxylic acids is 1. The molecule has 0 unspecified atom stereocenters. The summed E-state index contributed by atoms with van der Waals surface area (Å²) in [6, 6.07) is 22.0. The molecule has 0 atom stereocenters. The molecule has 0 saturated carbocycles. The van der Waals surface area contributed by atoms with Crippen molar-refractivity contribution in [2.24, 2.45) is 0 Å². The van der Waals surface area contributed by atoms with Crippen LogP contribution in [-0.4, -0.2) is 56.9 Å². The predicted octanol–water partition coefficient (Wildman–Crippen LogP) is 5.90. The van der Waals surface area contributed by atoms with Gasteiger partial charge in [0.1, 0.15) is 0 Å². The Kier molecular flexibility index (Phi) is 9.50. The van der Waals surface area contributed by atoms with Gasteiger partial charge in [0, 0.05) is 27.7 Å². The zero-order valence-corrected chi connectivity index (χ0v) is 25.2. The number of hydrogen-bond acceptors (Lipinski definition) is 6. The van der Waals surface area contributed by atoms with Crippen molar-refractivity contribution in [3.05, 3.63) is 88.1 Å². The van der Waals surface area contributed by atoms with Gasteiger partial charge in [-0.15, -0.1) is 11.3 Å². The number of thiophene rings is 1. The first-order chi connectivity index (χ1) is 19.1. The predicted molar refractivity (Wildman–Crippen MR) is 161 cm³/mol. The molecule has 0 radical (unpaired) electrons. The van der Waals surface area contributed by atoms with Crippen LogP contribution in [0.3, 0.4) is 0 Å². The lowest BCUT2D eigenvalue weighted by Gasteiger charge is -2.29. The maximum Gasteiger partial charge on any atom is 0.244 e. The van der Waals surface area contributed by atoms with Crippen LogP contribution in [-0.2, 0) is 27.8 Å². The van der Waals surface area contributed by atoms with E-state index in [-0.39, 0.29) is 17.3 Å². The van der Waals surface area contributed by atoms with Crippen LogP contribution in [0.15, 0.2) is 77.7 Å². The molecule has 0 spiro atoms. The molecule has 4 rings (SSSR count). The van der Waals surface area contributed by atoms with E-state index in [0.717, 1.165) is 20.7 Å². The second-order valence-electron chi connectivity index (χ2n) is 9.89. The highest BCUT2D eigenvalue weighted by atomic mass is 32.2. The number of nitrogens with zero attached hydrogens (tertiary/aromatic N) is 2. The molecular weight excluding hydrogens is 544 g/mol. The maximum absolute atomic E-state index is 13.9. The van der Waals surface area contributed by atoms with Gasteiger partial charge < -0.3 is 14.4 Å². The summed E-state index contributed by atoms with van der Waals surface area (Å²) in [6.45, 7) is 6.20. The lowest BCUT2D eigenvalue weighted by molar-refractivity contribution is -0.132. The van der Waals surface area contributed by atoms with Gasteiger partial charge in [0.05, 0.1) is 32.2 Å². The number of carbonyl (C=O) groups is 1. The van der Waals surface area contributed by atoms with Crippen LogP contribution in [0.2, 0.25) is 0 Å². The summed E-state index contributed by atoms with van der Waals surface area (Å²) in [7, 11) is -0.768. The molecule has 0 aliphatic heterocycles. The van der Waals surface area contributed by atoms with Gasteiger partial charge in [-0.25, -0.2) is 8.42 Å². The van der Waals surface area contributed by atoms with Crippen LogP contribution in [0.4, 0.5) is 0 Å². The number of rotatable bonds is 12. The molecule has 212 valence electrons. The molecule has 40 heavy (non-hydrogen) atoms. The Morgan fingerprint density at radius 1 is 0.925 bits per heavy atom. The third kappa shape index (κ3) is 6.66. The first-order valence-electron chi connectivity index (χ1n) is 13.2. The highest BCUT2D eigenvalue weighted by Crippen LogP contribution is 2.29. The van der Waals surface area contributed by atoms with Crippen molar-refractivity contribution < 1.29 is 22.7 Å². The van der Waals surface area contributed by atoms with Crippen molar-refractivity contribution in [3.8, 4) is 11.5 Å². The smallest absolute Gasteiger partial charge is 0.244 e. The van der Waals surface area contributed by atoms with Crippen molar-refractivity contribution in [2.75, 3.05) is 27.3 Å². The standard InChI is InChI=1S/C31H36N2O5S2/c1-22(2)33(40(35,36)30-12-8-10-25-9-6-7-11-27(25)30)21-31(34)32(20-26-15-13-23(3)39-26)18-17-24-14-16-28(37-4)29(19-24)38-5/h6-16,19,22H,17-18,20-21H2,1-5H3. The van der Waals surface area contributed by atoms with Crippen LogP contribution in [0.25, 0.3) is 10.8 Å². The fraction of sp³-hybridized carbons (Fsp3) is 0.323. The summed E-state index contributed by atoms with van der Waals surface area (Å²) in [5.41, 5.74) is 0.988. The Labute approximate surface area is 241 Å². The van der Waals surface area contributed by atoms with Crippen molar-refractivity contribution >= 4 is 38.0 Å². The Balaban J connectivity index is 1.61. The van der Waals surface area contributed by atoms with Gasteiger partial charge in [0.25, 0.3) is 0 Å². The molecule has 4 aromatic rings. The first-order valence-corrected chi connectivity index (χ1v) is 15.4. The summed E-state index contributed by atoms with van der Waals surface area (Å²) in [5.74, 6) is 1.02. The van der Waals surface area contributed by atoms with Crippen LogP contribution in [0.1, 0.15) is 29.2 Å². The zero-order chi connectivity index (χ0) is 28.9. The van der Waals surface area contributed by atoms with Gasteiger partial charge >= 0.3 is 0 Å². The van der Waals surface area contributed by atoms with Crippen LogP contribution in [0.5, 0.6) is 11.5 Å². The van der Waals surface area contributed by atoms with E-state index in [2.05, 4.69) is 0 Å². The minimum atomic E-state index is -3.95. The second-order valence-corrected chi connectivity index (χ2v) is 13.1. The average Bonchev–Trinajstić information content (AvgIpc) is 3.37. The van der Waals surface area contributed by atoms with E-state index in [9.17, 15) is 13.2 Å². The number of amides is 1. The fourth-order valence-corrected chi connectivity index (χ4v) is 7.38. The highest BCUT2D eigenvalue weighted by Gasteiger charge is 2.32. The fourth-order valence-electron chi connectivity index (χ4n) is 4.68. The molecule has 0 bridgehead atoms. The van der Waals surface area contributed by atoms with Crippen molar-refractivity contribution in [3.63, 3.8) is 0 Å². The van der Waals surface area contributed by atoms with Crippen molar-refractivity contribution in [1.82, 2.24) is 9.21 Å². The Morgan fingerprint density at radius 3 is 2.33 bits per heavy atom. The van der Waals surface area contributed by atoms with E-state index < -0.39 is 16.1 Å². The minimum Gasteiger partial charge on any atom is -0.493 e. The molecule has 1 amide bonds. The van der Waals surface area contributed by atoms with Gasteiger partial charge in [-0.2, -0.15) is 4.31 Å². The molecule has 3 aromatic carbocycles. The van der Waals surface area contributed by atoms with E-state index in [1.54, 1.807) is 62.5 Å². The van der Waals surface area contributed by atoms with Crippen LogP contribution >= 0.6 is 11.3 Å². The number of benzene rings is 3. The molecule has 0 N–H and O–H groups in total. The summed E-state index contributed by atoms with van der Waals surface area (Å²) < 4.78 is 40.0. The summed E-state index contributed by atoms with van der Waals surface area (Å²) in [6.07, 6.45) is 0.578. The average molecular weight is 581 g/mol. The third-order valence-corrected chi connectivity index (χ3v) is 9.88. The molecule has 0 aliphatic carbocycles. The van der Waals surface area contributed by atoms with Gasteiger partial charge in [0.15, 0.2) is 11.5 Å². The second kappa shape index (κ2) is 12.8. The van der Waals surface area contributed by atoms with Crippen molar-refractivity contribution in [2.45, 2.75) is 44.7 Å². The lowest BCUT2D eigenvalue weighted by Crippen LogP contribution is -2.46. The quantitative estimate of drug-likeness (QED) is 0.209. The van der Waals surface area contributed by atoms with Gasteiger partial charge in [-0.3, -0.25) is 4.79 Å². The number of sulfonamides is 1. The number of ether oxygens (including phenoxy) is 2. The molecule has 0 aliphatic rings. The van der Waals surface area contributed by atoms with E-state index in [1.807, 2.05) is 61.5 Å². The van der Waals surface area contributed by atoms with E-state index in [0.29, 0.717) is 36.4 Å². The number of hydrogen-bond donors (Lipinski definition) is 0. The SMILES string of the molecule is COc1ccc(CCN(Cc2ccc(C)s2)C(=O)CN(C(C)C)S(=O)(=O)c2cccc3ccccc23)cc1OC. The van der Waals surface area contributed by atoms with E-state index in [1.165, 1.54) is 4.31 Å². The first kappa shape index (κ1) is 29.6. The van der Waals surface area contributed by atoms with Gasteiger partial charge in [0.2, 0.25) is 15.9 Å². The number of methoxy groups -OCH3 is 2. The zero-order valence-electron chi connectivity index (χ0n) is 23.6. The molecule has 9 heteroatoms. The summed E-state index contributed by atoms with van der Waals surface area (Å²) in [5, 5.41) is 1.48. The number of aryl methyl sites for hydroxylation is 1. The topological polar surface area (TPSA) is 76.2 Å². The molecule has 7 nitrogen and oxygen atoms in total. The molecular formula is C31H36N2O5S2. The Hall–Kier alpha value is -3.40. The van der Waals surface area contributed by atoms with Crippen LogP contribution in [0, 0.1) is 6.92 Å². The number of fused-ring (bicyclic) bond motifs is 1. The summed E-state index contributed by atoms with van der Waals surface area (Å²) in [4.78, 5) is 18.0. The minimum absolute atomic E-state index is 0.206. The molecule has 1 heterocycles. The highest BCUT2D eigenvalue weighted by molar-refractivity contribution is 7.89. The Bertz CT molecular complexity index is 1570.